The molecule has 0 spiro atoms. The van der Waals surface area contributed by atoms with Crippen molar-refractivity contribution in [1.29, 1.82) is 0 Å². The Hall–Kier alpha value is -1.39. The highest BCUT2D eigenvalue weighted by Crippen LogP contribution is 2.33. The van der Waals surface area contributed by atoms with Crippen molar-refractivity contribution >= 4 is 33.2 Å². The smallest absolute Gasteiger partial charge is 0.161 e. The van der Waals surface area contributed by atoms with Gasteiger partial charge in [-0.3, -0.25) is 0 Å². The number of anilines is 1. The quantitative estimate of drug-likeness (QED) is 0.840. The second kappa shape index (κ2) is 6.86. The van der Waals surface area contributed by atoms with Crippen molar-refractivity contribution in [2.75, 3.05) is 19.5 Å². The SMILES string of the molecule is COc1cc(Br)c(CNc2cccc(Cl)c2)cc1OC. The lowest BCUT2D eigenvalue weighted by atomic mass is 10.2. The molecule has 5 heteroatoms. The topological polar surface area (TPSA) is 30.5 Å². The van der Waals surface area contributed by atoms with E-state index in [-0.39, 0.29) is 0 Å². The average Bonchev–Trinajstić information content (AvgIpc) is 2.45. The zero-order chi connectivity index (χ0) is 14.5. The Morgan fingerprint density at radius 1 is 1.10 bits per heavy atom. The van der Waals surface area contributed by atoms with Gasteiger partial charge < -0.3 is 14.8 Å². The van der Waals surface area contributed by atoms with Crippen LogP contribution in [0.4, 0.5) is 5.69 Å². The lowest BCUT2D eigenvalue weighted by Crippen LogP contribution is -2.01. The van der Waals surface area contributed by atoms with Crippen molar-refractivity contribution in [1.82, 2.24) is 0 Å². The minimum absolute atomic E-state index is 0.654. The van der Waals surface area contributed by atoms with Gasteiger partial charge in [0.1, 0.15) is 0 Å². The summed E-state index contributed by atoms with van der Waals surface area (Å²) in [5.41, 5.74) is 2.04. The van der Waals surface area contributed by atoms with Crippen LogP contribution in [0.1, 0.15) is 5.56 Å². The van der Waals surface area contributed by atoms with Crippen molar-refractivity contribution in [2.45, 2.75) is 6.54 Å². The molecule has 0 radical (unpaired) electrons. The summed E-state index contributed by atoms with van der Waals surface area (Å²) < 4.78 is 11.5. The first kappa shape index (κ1) is 15.0. The third-order valence-electron chi connectivity index (χ3n) is 2.86. The zero-order valence-electron chi connectivity index (χ0n) is 11.2. The summed E-state index contributed by atoms with van der Waals surface area (Å²) in [6.07, 6.45) is 0. The molecule has 0 aliphatic carbocycles. The van der Waals surface area contributed by atoms with Gasteiger partial charge in [0.2, 0.25) is 0 Å². The highest BCUT2D eigenvalue weighted by atomic mass is 79.9. The number of nitrogens with one attached hydrogen (secondary N) is 1. The minimum Gasteiger partial charge on any atom is -0.493 e. The molecule has 0 aliphatic rings. The molecule has 0 aromatic heterocycles. The van der Waals surface area contributed by atoms with Gasteiger partial charge >= 0.3 is 0 Å². The maximum absolute atomic E-state index is 5.96. The predicted octanol–water partition coefficient (Wildman–Crippen LogP) is 4.73. The molecule has 3 nitrogen and oxygen atoms in total. The third kappa shape index (κ3) is 3.58. The molecule has 0 aliphatic heterocycles. The zero-order valence-corrected chi connectivity index (χ0v) is 13.6. The fourth-order valence-electron chi connectivity index (χ4n) is 1.83. The maximum atomic E-state index is 5.96. The maximum Gasteiger partial charge on any atom is 0.161 e. The van der Waals surface area contributed by atoms with Gasteiger partial charge in [-0.1, -0.05) is 33.6 Å². The van der Waals surface area contributed by atoms with E-state index < -0.39 is 0 Å². The summed E-state index contributed by atoms with van der Waals surface area (Å²) in [7, 11) is 3.24. The van der Waals surface area contributed by atoms with Crippen molar-refractivity contribution in [3.63, 3.8) is 0 Å². The summed E-state index contributed by atoms with van der Waals surface area (Å²) in [6, 6.07) is 11.5. The molecule has 2 rings (SSSR count). The number of hydrogen-bond donors (Lipinski definition) is 1. The Bertz CT molecular complexity index is 604. The van der Waals surface area contributed by atoms with Crippen LogP contribution in [0.5, 0.6) is 11.5 Å². The monoisotopic (exact) mass is 355 g/mol. The first-order valence-electron chi connectivity index (χ1n) is 6.04. The highest BCUT2D eigenvalue weighted by Gasteiger charge is 2.09. The van der Waals surface area contributed by atoms with Crippen LogP contribution >= 0.6 is 27.5 Å². The van der Waals surface area contributed by atoms with Gasteiger partial charge in [-0.25, -0.2) is 0 Å². The fraction of sp³-hybridized carbons (Fsp3) is 0.200. The van der Waals surface area contributed by atoms with Crippen LogP contribution in [0.3, 0.4) is 0 Å². The van der Waals surface area contributed by atoms with Gasteiger partial charge in [-0.2, -0.15) is 0 Å². The Morgan fingerprint density at radius 2 is 1.80 bits per heavy atom. The molecule has 0 saturated heterocycles. The number of halogens is 2. The number of benzene rings is 2. The van der Waals surface area contributed by atoms with E-state index in [0.717, 1.165) is 15.7 Å². The largest absolute Gasteiger partial charge is 0.493 e. The Labute approximate surface area is 132 Å². The average molecular weight is 357 g/mol. The van der Waals surface area contributed by atoms with Crippen molar-refractivity contribution in [3.8, 4) is 11.5 Å². The van der Waals surface area contributed by atoms with Crippen LogP contribution in [0, 0.1) is 0 Å². The van der Waals surface area contributed by atoms with Crippen molar-refractivity contribution < 1.29 is 9.47 Å². The number of methoxy groups -OCH3 is 2. The molecule has 0 bridgehead atoms. The predicted molar refractivity (Wildman–Crippen MR) is 86.0 cm³/mol. The number of ether oxygens (including phenoxy) is 2. The molecule has 2 aromatic carbocycles. The van der Waals surface area contributed by atoms with E-state index in [9.17, 15) is 0 Å². The van der Waals surface area contributed by atoms with E-state index in [4.69, 9.17) is 21.1 Å². The van der Waals surface area contributed by atoms with Crippen molar-refractivity contribution in [3.05, 3.63) is 51.5 Å². The normalized spacial score (nSPS) is 10.2. The van der Waals surface area contributed by atoms with Crippen LogP contribution < -0.4 is 14.8 Å². The second-order valence-electron chi connectivity index (χ2n) is 4.16. The molecule has 20 heavy (non-hydrogen) atoms. The molecule has 0 heterocycles. The van der Waals surface area contributed by atoms with Gasteiger partial charge in [-0.15, -0.1) is 0 Å². The van der Waals surface area contributed by atoms with Crippen LogP contribution in [0.25, 0.3) is 0 Å². The lowest BCUT2D eigenvalue weighted by molar-refractivity contribution is 0.354. The summed E-state index contributed by atoms with van der Waals surface area (Å²) in [5.74, 6) is 1.41. The molecule has 1 N–H and O–H groups in total. The molecule has 0 fully saturated rings. The Kier molecular flexibility index (Phi) is 5.15. The number of hydrogen-bond acceptors (Lipinski definition) is 3. The first-order valence-corrected chi connectivity index (χ1v) is 7.21. The number of rotatable bonds is 5. The van der Waals surface area contributed by atoms with E-state index in [1.807, 2.05) is 36.4 Å². The molecule has 0 amide bonds. The minimum atomic E-state index is 0.654. The van der Waals surface area contributed by atoms with E-state index in [2.05, 4.69) is 21.2 Å². The van der Waals surface area contributed by atoms with Gasteiger partial charge in [0.15, 0.2) is 11.5 Å². The fourth-order valence-corrected chi connectivity index (χ4v) is 2.48. The second-order valence-corrected chi connectivity index (χ2v) is 5.45. The summed E-state index contributed by atoms with van der Waals surface area (Å²) >= 11 is 9.50. The molecule has 0 saturated carbocycles. The van der Waals surface area contributed by atoms with Crippen LogP contribution in [0.2, 0.25) is 5.02 Å². The molecular weight excluding hydrogens is 342 g/mol. The molecule has 0 unspecified atom stereocenters. The third-order valence-corrected chi connectivity index (χ3v) is 3.83. The Morgan fingerprint density at radius 3 is 2.45 bits per heavy atom. The summed E-state index contributed by atoms with van der Waals surface area (Å²) in [6.45, 7) is 0.654. The van der Waals surface area contributed by atoms with Crippen LogP contribution in [-0.4, -0.2) is 14.2 Å². The molecule has 0 atom stereocenters. The summed E-state index contributed by atoms with van der Waals surface area (Å²) in [5, 5.41) is 4.03. The molecular formula is C15H15BrClNO2. The van der Waals surface area contributed by atoms with Crippen molar-refractivity contribution in [2.24, 2.45) is 0 Å². The van der Waals surface area contributed by atoms with Gasteiger partial charge in [0, 0.05) is 21.7 Å². The standard InChI is InChI=1S/C15H15BrClNO2/c1-19-14-6-10(13(16)8-15(14)20-2)9-18-12-5-3-4-11(17)7-12/h3-8,18H,9H2,1-2H3. The van der Waals surface area contributed by atoms with E-state index >= 15 is 0 Å². The van der Waals surface area contributed by atoms with Crippen LogP contribution in [0.15, 0.2) is 40.9 Å². The lowest BCUT2D eigenvalue weighted by Gasteiger charge is -2.13. The first-order chi connectivity index (χ1) is 9.63. The molecule has 106 valence electrons. The van der Waals surface area contributed by atoms with Crippen LogP contribution in [-0.2, 0) is 6.54 Å². The summed E-state index contributed by atoms with van der Waals surface area (Å²) in [4.78, 5) is 0. The molecule has 2 aromatic rings. The Balaban J connectivity index is 2.17. The van der Waals surface area contributed by atoms with Gasteiger partial charge in [-0.05, 0) is 35.9 Å². The van der Waals surface area contributed by atoms with Gasteiger partial charge in [0.05, 0.1) is 14.2 Å². The van der Waals surface area contributed by atoms with E-state index in [1.54, 1.807) is 14.2 Å². The highest BCUT2D eigenvalue weighted by molar-refractivity contribution is 9.10. The van der Waals surface area contributed by atoms with E-state index in [1.165, 1.54) is 0 Å². The van der Waals surface area contributed by atoms with E-state index in [0.29, 0.717) is 23.1 Å². The van der Waals surface area contributed by atoms with Gasteiger partial charge in [0.25, 0.3) is 0 Å².